The van der Waals surface area contributed by atoms with Gasteiger partial charge in [-0.1, -0.05) is 30.3 Å². The summed E-state index contributed by atoms with van der Waals surface area (Å²) in [6, 6.07) is 9.76. The zero-order valence-corrected chi connectivity index (χ0v) is 7.31. The summed E-state index contributed by atoms with van der Waals surface area (Å²) < 4.78 is 1.65. The average molecular weight is 174 g/mol. The van der Waals surface area contributed by atoms with Crippen LogP contribution >= 0.6 is 0 Å². The van der Waals surface area contributed by atoms with E-state index in [2.05, 4.69) is 4.98 Å². The van der Waals surface area contributed by atoms with E-state index in [0.717, 1.165) is 11.4 Å². The van der Waals surface area contributed by atoms with Gasteiger partial charge in [0.25, 0.3) is 0 Å². The van der Waals surface area contributed by atoms with E-state index < -0.39 is 0 Å². The third-order valence-electron chi connectivity index (χ3n) is 2.00. The van der Waals surface area contributed by atoms with Crippen LogP contribution in [0.25, 0.3) is 11.4 Å². The average Bonchev–Trinajstić information content (AvgIpc) is 2.49. The topological polar surface area (TPSA) is 38.0 Å². The van der Waals surface area contributed by atoms with Crippen LogP contribution in [0.1, 0.15) is 0 Å². The first-order valence-electron chi connectivity index (χ1n) is 4.05. The largest absolute Gasteiger partial charge is 0.493 e. The van der Waals surface area contributed by atoms with Crippen LogP contribution in [0, 0.1) is 0 Å². The van der Waals surface area contributed by atoms with Crippen LogP contribution in [0.4, 0.5) is 0 Å². The summed E-state index contributed by atoms with van der Waals surface area (Å²) in [5.74, 6) is 0.956. The molecule has 0 aliphatic rings. The van der Waals surface area contributed by atoms with Crippen LogP contribution in [0.3, 0.4) is 0 Å². The molecular formula is C10H10N2O. The van der Waals surface area contributed by atoms with E-state index in [1.54, 1.807) is 11.6 Å². The number of aromatic nitrogens is 2. The minimum atomic E-state index is 0.179. The van der Waals surface area contributed by atoms with Gasteiger partial charge in [-0.15, -0.1) is 0 Å². The highest BCUT2D eigenvalue weighted by Gasteiger charge is 2.05. The van der Waals surface area contributed by atoms with Gasteiger partial charge in [0.1, 0.15) is 5.82 Å². The first-order valence-corrected chi connectivity index (χ1v) is 4.05. The van der Waals surface area contributed by atoms with Gasteiger partial charge in [0, 0.05) is 12.6 Å². The smallest absolute Gasteiger partial charge is 0.211 e. The van der Waals surface area contributed by atoms with Gasteiger partial charge in [-0.05, 0) is 0 Å². The Balaban J connectivity index is 2.53. The Kier molecular flexibility index (Phi) is 1.77. The molecular weight excluding hydrogens is 164 g/mol. The third kappa shape index (κ3) is 1.28. The molecule has 1 aromatic heterocycles. The van der Waals surface area contributed by atoms with Gasteiger partial charge in [-0.2, -0.15) is 0 Å². The van der Waals surface area contributed by atoms with Gasteiger partial charge >= 0.3 is 0 Å². The summed E-state index contributed by atoms with van der Waals surface area (Å²) in [6.45, 7) is 0. The Morgan fingerprint density at radius 3 is 2.46 bits per heavy atom. The fraction of sp³-hybridized carbons (Fsp3) is 0.100. The van der Waals surface area contributed by atoms with Crippen molar-refractivity contribution in [2.75, 3.05) is 0 Å². The molecule has 13 heavy (non-hydrogen) atoms. The van der Waals surface area contributed by atoms with Gasteiger partial charge in [-0.3, -0.25) is 4.57 Å². The highest BCUT2D eigenvalue weighted by Crippen LogP contribution is 2.20. The molecule has 0 unspecified atom stereocenters. The van der Waals surface area contributed by atoms with E-state index in [-0.39, 0.29) is 5.88 Å². The molecule has 1 N–H and O–H groups in total. The molecule has 1 heterocycles. The zero-order chi connectivity index (χ0) is 9.26. The maximum Gasteiger partial charge on any atom is 0.211 e. The molecule has 1 aromatic carbocycles. The Bertz CT molecular complexity index is 406. The lowest BCUT2D eigenvalue weighted by Crippen LogP contribution is -1.91. The standard InChI is InChI=1S/C10H10N2O/c1-12-9(13)7-11-10(12)8-5-3-2-4-6-8/h2-7,13H,1H3. The number of rotatable bonds is 1. The summed E-state index contributed by atoms with van der Waals surface area (Å²) in [5.41, 5.74) is 1.00. The van der Waals surface area contributed by atoms with Crippen molar-refractivity contribution in [1.29, 1.82) is 0 Å². The quantitative estimate of drug-likeness (QED) is 0.715. The van der Waals surface area contributed by atoms with Crippen LogP contribution < -0.4 is 0 Å². The van der Waals surface area contributed by atoms with Gasteiger partial charge in [-0.25, -0.2) is 4.98 Å². The fourth-order valence-electron chi connectivity index (χ4n) is 1.26. The number of benzene rings is 1. The molecule has 0 bridgehead atoms. The van der Waals surface area contributed by atoms with Crippen molar-refractivity contribution in [2.24, 2.45) is 7.05 Å². The molecule has 0 saturated carbocycles. The number of nitrogens with zero attached hydrogens (tertiary/aromatic N) is 2. The molecule has 0 fully saturated rings. The first-order chi connectivity index (χ1) is 6.29. The summed E-state index contributed by atoms with van der Waals surface area (Å²) in [5, 5.41) is 9.30. The maximum absolute atomic E-state index is 9.30. The molecule has 0 radical (unpaired) electrons. The third-order valence-corrected chi connectivity index (χ3v) is 2.00. The Morgan fingerprint density at radius 2 is 1.92 bits per heavy atom. The predicted octanol–water partition coefficient (Wildman–Crippen LogP) is 1.79. The molecule has 0 atom stereocenters. The van der Waals surface area contributed by atoms with Crippen molar-refractivity contribution in [2.45, 2.75) is 0 Å². The monoisotopic (exact) mass is 174 g/mol. The number of aromatic hydroxyl groups is 1. The van der Waals surface area contributed by atoms with E-state index in [9.17, 15) is 5.11 Å². The lowest BCUT2D eigenvalue weighted by Gasteiger charge is -2.01. The summed E-state index contributed by atoms with van der Waals surface area (Å²) in [4.78, 5) is 4.10. The van der Waals surface area contributed by atoms with Gasteiger partial charge in [0.2, 0.25) is 5.88 Å². The second-order valence-electron chi connectivity index (χ2n) is 2.87. The fourth-order valence-corrected chi connectivity index (χ4v) is 1.26. The minimum absolute atomic E-state index is 0.179. The van der Waals surface area contributed by atoms with Crippen molar-refractivity contribution in [3.05, 3.63) is 36.5 Å². The number of hydrogen-bond donors (Lipinski definition) is 1. The summed E-state index contributed by atoms with van der Waals surface area (Å²) in [7, 11) is 1.78. The molecule has 66 valence electrons. The Hall–Kier alpha value is -1.77. The summed E-state index contributed by atoms with van der Waals surface area (Å²) in [6.07, 6.45) is 1.45. The normalized spacial score (nSPS) is 10.2. The van der Waals surface area contributed by atoms with Crippen molar-refractivity contribution < 1.29 is 5.11 Å². The molecule has 0 aliphatic carbocycles. The molecule has 0 aliphatic heterocycles. The van der Waals surface area contributed by atoms with Crippen LogP contribution in [0.15, 0.2) is 36.5 Å². The van der Waals surface area contributed by atoms with E-state index in [4.69, 9.17) is 0 Å². The second-order valence-corrected chi connectivity index (χ2v) is 2.87. The molecule has 2 rings (SSSR count). The molecule has 2 aromatic rings. The molecule has 0 saturated heterocycles. The molecule has 0 spiro atoms. The van der Waals surface area contributed by atoms with E-state index in [1.807, 2.05) is 30.3 Å². The lowest BCUT2D eigenvalue weighted by atomic mass is 10.2. The lowest BCUT2D eigenvalue weighted by molar-refractivity contribution is 0.433. The predicted molar refractivity (Wildman–Crippen MR) is 50.3 cm³/mol. The van der Waals surface area contributed by atoms with E-state index >= 15 is 0 Å². The van der Waals surface area contributed by atoms with Crippen molar-refractivity contribution in [1.82, 2.24) is 9.55 Å². The Morgan fingerprint density at radius 1 is 1.23 bits per heavy atom. The van der Waals surface area contributed by atoms with Crippen LogP contribution in [0.2, 0.25) is 0 Å². The van der Waals surface area contributed by atoms with Crippen molar-refractivity contribution >= 4 is 0 Å². The highest BCUT2D eigenvalue weighted by molar-refractivity contribution is 5.56. The van der Waals surface area contributed by atoms with Crippen LogP contribution in [-0.2, 0) is 7.05 Å². The molecule has 3 heteroatoms. The van der Waals surface area contributed by atoms with Gasteiger partial charge in [0.05, 0.1) is 6.20 Å². The van der Waals surface area contributed by atoms with Crippen molar-refractivity contribution in [3.63, 3.8) is 0 Å². The van der Waals surface area contributed by atoms with Crippen LogP contribution in [-0.4, -0.2) is 14.7 Å². The van der Waals surface area contributed by atoms with Gasteiger partial charge < -0.3 is 5.11 Å². The number of imidazole rings is 1. The van der Waals surface area contributed by atoms with Crippen molar-refractivity contribution in [3.8, 4) is 17.3 Å². The maximum atomic E-state index is 9.30. The van der Waals surface area contributed by atoms with Crippen LogP contribution in [0.5, 0.6) is 5.88 Å². The highest BCUT2D eigenvalue weighted by atomic mass is 16.3. The molecule has 3 nitrogen and oxygen atoms in total. The zero-order valence-electron chi connectivity index (χ0n) is 7.31. The van der Waals surface area contributed by atoms with Gasteiger partial charge in [0.15, 0.2) is 0 Å². The summed E-state index contributed by atoms with van der Waals surface area (Å²) >= 11 is 0. The second kappa shape index (κ2) is 2.94. The van der Waals surface area contributed by atoms with E-state index in [1.165, 1.54) is 6.20 Å². The first kappa shape index (κ1) is 7.86. The minimum Gasteiger partial charge on any atom is -0.493 e. The SMILES string of the molecule is Cn1c(O)cnc1-c1ccccc1. The molecule has 0 amide bonds. The number of hydrogen-bond acceptors (Lipinski definition) is 2. The Labute approximate surface area is 76.3 Å². The van der Waals surface area contributed by atoms with E-state index in [0.29, 0.717) is 0 Å².